The van der Waals surface area contributed by atoms with Crippen LogP contribution in [0.2, 0.25) is 0 Å². The van der Waals surface area contributed by atoms with E-state index in [1.165, 1.54) is 30.3 Å². The first-order valence-electron chi connectivity index (χ1n) is 14.7. The fourth-order valence-corrected chi connectivity index (χ4v) is 6.13. The van der Waals surface area contributed by atoms with Crippen molar-refractivity contribution < 1.29 is 14.8 Å². The minimum atomic E-state index is -0.499. The maximum absolute atomic E-state index is 12.6. The van der Waals surface area contributed by atoms with Gasteiger partial charge in [0.2, 0.25) is 0 Å². The molecule has 0 amide bonds. The van der Waals surface area contributed by atoms with Crippen molar-refractivity contribution in [2.75, 3.05) is 0 Å². The lowest BCUT2D eigenvalue weighted by Gasteiger charge is -2.27. The summed E-state index contributed by atoms with van der Waals surface area (Å²) < 4.78 is 0. The minimum absolute atomic E-state index is 0.0968. The van der Waals surface area contributed by atoms with Gasteiger partial charge in [-0.2, -0.15) is 5.26 Å². The van der Waals surface area contributed by atoms with Crippen molar-refractivity contribution in [1.29, 1.82) is 5.26 Å². The van der Waals surface area contributed by atoms with Crippen LogP contribution >= 0.6 is 0 Å². The van der Waals surface area contributed by atoms with E-state index >= 15 is 0 Å². The van der Waals surface area contributed by atoms with Gasteiger partial charge in [-0.1, -0.05) is 66.7 Å². The summed E-state index contributed by atoms with van der Waals surface area (Å²) in [6.45, 7) is 1.85. The van der Waals surface area contributed by atoms with Gasteiger partial charge in [-0.25, -0.2) is 0 Å². The van der Waals surface area contributed by atoms with Gasteiger partial charge in [-0.05, 0) is 87.3 Å². The van der Waals surface area contributed by atoms with Gasteiger partial charge in [-0.3, -0.25) is 30.3 Å². The van der Waals surface area contributed by atoms with Gasteiger partial charge < -0.3 is 0 Å². The summed E-state index contributed by atoms with van der Waals surface area (Å²) in [5.41, 5.74) is 6.34. The number of rotatable bonds is 8. The molecule has 0 aliphatic heterocycles. The number of nitro benzene ring substituents is 3. The second kappa shape index (κ2) is 12.8. The summed E-state index contributed by atoms with van der Waals surface area (Å²) in [5.74, 6) is 0. The third kappa shape index (κ3) is 5.63. The average molecular weight is 633 g/mol. The topological polar surface area (TPSA) is 153 Å². The molecule has 0 saturated heterocycles. The first-order chi connectivity index (χ1) is 23.2. The van der Waals surface area contributed by atoms with E-state index in [9.17, 15) is 35.6 Å². The summed E-state index contributed by atoms with van der Waals surface area (Å²) in [6.07, 6.45) is 0. The Balaban J connectivity index is 1.91. The Hall–Kier alpha value is -6.99. The van der Waals surface area contributed by atoms with E-state index in [1.807, 2.05) is 37.3 Å². The maximum Gasteiger partial charge on any atom is 0.277 e. The average Bonchev–Trinajstić information content (AvgIpc) is 3.11. The lowest BCUT2D eigenvalue weighted by Crippen LogP contribution is -2.03. The predicted molar refractivity (Wildman–Crippen MR) is 183 cm³/mol. The number of nitriles is 1. The Morgan fingerprint density at radius 3 is 1.65 bits per heavy atom. The molecule has 6 rings (SSSR count). The van der Waals surface area contributed by atoms with E-state index in [0.717, 1.165) is 5.56 Å². The molecule has 232 valence electrons. The molecule has 0 fully saturated rings. The number of hydrogen-bond donors (Lipinski definition) is 0. The van der Waals surface area contributed by atoms with Crippen molar-refractivity contribution in [3.63, 3.8) is 0 Å². The standard InChI is InChI=1S/C38H24N4O6/c1-24-34(27-18-20-30(21-19-27)40(43)44)36(26-8-3-2-4-9-26)37(28-16-14-25(23-39)15-17-28)38(32-12-5-6-13-33(32)42(47)48)35(24)29-10-7-11-31(22-29)41(45)46/h2-22H,1H3. The lowest BCUT2D eigenvalue weighted by molar-refractivity contribution is -0.385. The van der Waals surface area contributed by atoms with Crippen molar-refractivity contribution in [2.24, 2.45) is 0 Å². The second-order valence-corrected chi connectivity index (χ2v) is 10.9. The highest BCUT2D eigenvalue weighted by atomic mass is 16.6. The Morgan fingerprint density at radius 2 is 1.02 bits per heavy atom. The Labute approximate surface area is 274 Å². The smallest absolute Gasteiger partial charge is 0.258 e. The molecule has 0 heterocycles. The SMILES string of the molecule is Cc1c(-c2ccc([N+](=O)[O-])cc2)c(-c2ccccc2)c(-c2ccc(C#N)cc2)c(-c2ccccc2[N+](=O)[O-])c1-c1cccc([N+](=O)[O-])c1. The molecule has 0 atom stereocenters. The molecule has 0 aliphatic carbocycles. The van der Waals surface area contributed by atoms with E-state index in [1.54, 1.807) is 66.7 Å². The highest BCUT2D eigenvalue weighted by molar-refractivity contribution is 6.10. The van der Waals surface area contributed by atoms with Crippen molar-refractivity contribution >= 4 is 17.1 Å². The predicted octanol–water partition coefficient (Wildman–Crippen LogP) is 9.93. The van der Waals surface area contributed by atoms with Crippen LogP contribution in [0.5, 0.6) is 0 Å². The van der Waals surface area contributed by atoms with Gasteiger partial charge in [0.25, 0.3) is 17.1 Å². The molecule has 0 unspecified atom stereocenters. The minimum Gasteiger partial charge on any atom is -0.258 e. The highest BCUT2D eigenvalue weighted by Gasteiger charge is 2.30. The van der Waals surface area contributed by atoms with Crippen molar-refractivity contribution in [1.82, 2.24) is 0 Å². The lowest BCUT2D eigenvalue weighted by atomic mass is 9.75. The van der Waals surface area contributed by atoms with Crippen molar-refractivity contribution in [3.05, 3.63) is 169 Å². The van der Waals surface area contributed by atoms with Crippen molar-refractivity contribution in [2.45, 2.75) is 6.92 Å². The van der Waals surface area contributed by atoms with Crippen LogP contribution in [0.4, 0.5) is 17.1 Å². The number of para-hydroxylation sites is 1. The van der Waals surface area contributed by atoms with E-state index < -0.39 is 14.8 Å². The summed E-state index contributed by atoms with van der Waals surface area (Å²) >= 11 is 0. The molecule has 6 aromatic carbocycles. The van der Waals surface area contributed by atoms with E-state index in [0.29, 0.717) is 61.2 Å². The molecule has 48 heavy (non-hydrogen) atoms. The van der Waals surface area contributed by atoms with E-state index in [-0.39, 0.29) is 17.1 Å². The van der Waals surface area contributed by atoms with Crippen LogP contribution in [0.25, 0.3) is 55.6 Å². The van der Waals surface area contributed by atoms with Gasteiger partial charge in [-0.15, -0.1) is 0 Å². The Morgan fingerprint density at radius 1 is 0.500 bits per heavy atom. The summed E-state index contributed by atoms with van der Waals surface area (Å²) in [7, 11) is 0. The zero-order valence-corrected chi connectivity index (χ0v) is 25.4. The van der Waals surface area contributed by atoms with E-state index in [4.69, 9.17) is 0 Å². The molecule has 0 N–H and O–H groups in total. The first kappa shape index (κ1) is 31.0. The van der Waals surface area contributed by atoms with Crippen LogP contribution in [0.1, 0.15) is 11.1 Å². The number of hydrogen-bond acceptors (Lipinski definition) is 7. The monoisotopic (exact) mass is 632 g/mol. The molecule has 0 spiro atoms. The van der Waals surface area contributed by atoms with Crippen molar-refractivity contribution in [3.8, 4) is 61.7 Å². The molecule has 6 aromatic rings. The summed E-state index contributed by atoms with van der Waals surface area (Å²) in [4.78, 5) is 34.7. The third-order valence-corrected chi connectivity index (χ3v) is 8.20. The molecule has 10 nitrogen and oxygen atoms in total. The molecule has 10 heteroatoms. The summed E-state index contributed by atoms with van der Waals surface area (Å²) in [6, 6.07) is 37.0. The van der Waals surface area contributed by atoms with Gasteiger partial charge in [0, 0.05) is 35.9 Å². The number of benzene rings is 6. The van der Waals surface area contributed by atoms with Crippen LogP contribution in [0, 0.1) is 48.6 Å². The van der Waals surface area contributed by atoms with E-state index in [2.05, 4.69) is 6.07 Å². The van der Waals surface area contributed by atoms with Gasteiger partial charge >= 0.3 is 0 Å². The largest absolute Gasteiger partial charge is 0.277 e. The second-order valence-electron chi connectivity index (χ2n) is 10.9. The molecular weight excluding hydrogens is 608 g/mol. The molecule has 0 aliphatic rings. The van der Waals surface area contributed by atoms with Crippen LogP contribution in [0.3, 0.4) is 0 Å². The van der Waals surface area contributed by atoms with Gasteiger partial charge in [0.1, 0.15) is 0 Å². The van der Waals surface area contributed by atoms with Gasteiger partial charge in [0.05, 0.1) is 32.0 Å². The fourth-order valence-electron chi connectivity index (χ4n) is 6.13. The third-order valence-electron chi connectivity index (χ3n) is 8.20. The zero-order valence-electron chi connectivity index (χ0n) is 25.4. The molecule has 0 bridgehead atoms. The molecular formula is C38H24N4O6. The molecule has 0 radical (unpaired) electrons. The Kier molecular flexibility index (Phi) is 8.26. The normalized spacial score (nSPS) is 10.7. The van der Waals surface area contributed by atoms with Crippen LogP contribution in [-0.2, 0) is 0 Å². The summed E-state index contributed by atoms with van der Waals surface area (Å²) in [5, 5.41) is 45.7. The zero-order chi connectivity index (χ0) is 33.9. The number of nitrogens with zero attached hydrogens (tertiary/aromatic N) is 4. The molecule has 0 saturated carbocycles. The quantitative estimate of drug-likeness (QED) is 0.119. The van der Waals surface area contributed by atoms with Crippen LogP contribution < -0.4 is 0 Å². The first-order valence-corrected chi connectivity index (χ1v) is 14.7. The number of nitro groups is 3. The van der Waals surface area contributed by atoms with Crippen LogP contribution in [0.15, 0.2) is 127 Å². The molecule has 0 aromatic heterocycles. The fraction of sp³-hybridized carbons (Fsp3) is 0.0263. The highest BCUT2D eigenvalue weighted by Crippen LogP contribution is 2.54. The Bertz CT molecular complexity index is 2280. The van der Waals surface area contributed by atoms with Crippen LogP contribution in [-0.4, -0.2) is 14.8 Å². The van der Waals surface area contributed by atoms with Gasteiger partial charge in [0.15, 0.2) is 0 Å². The number of non-ortho nitro benzene ring substituents is 2. The maximum atomic E-state index is 12.6.